The van der Waals surface area contributed by atoms with E-state index in [-0.39, 0.29) is 6.61 Å². The largest absolute Gasteiger partial charge is 0.489 e. The topological polar surface area (TPSA) is 9.23 Å². The van der Waals surface area contributed by atoms with Gasteiger partial charge in [0, 0.05) is 0 Å². The maximum Gasteiger partial charge on any atom is 0.416 e. The first-order chi connectivity index (χ1) is 8.97. The number of hydrogen-bond donors (Lipinski definition) is 0. The number of para-hydroxylation sites is 1. The Labute approximate surface area is 109 Å². The van der Waals surface area contributed by atoms with E-state index in [2.05, 4.69) is 0 Å². The molecule has 0 aromatic heterocycles. The molecule has 4 heteroatoms. The van der Waals surface area contributed by atoms with Crippen LogP contribution in [0.15, 0.2) is 48.5 Å². The highest BCUT2D eigenvalue weighted by Gasteiger charge is 2.29. The average molecular weight is 266 g/mol. The summed E-state index contributed by atoms with van der Waals surface area (Å²) in [5, 5.41) is 0. The first-order valence-corrected chi connectivity index (χ1v) is 5.81. The third-order valence-corrected chi connectivity index (χ3v) is 2.77. The minimum Gasteiger partial charge on any atom is -0.489 e. The molecule has 2 rings (SSSR count). The summed E-state index contributed by atoms with van der Waals surface area (Å²) < 4.78 is 42.7. The van der Waals surface area contributed by atoms with Crippen LogP contribution in [0.1, 0.15) is 16.7 Å². The molecular weight excluding hydrogens is 253 g/mol. The number of benzene rings is 2. The minimum absolute atomic E-state index is 0.253. The van der Waals surface area contributed by atoms with Gasteiger partial charge in [-0.1, -0.05) is 30.3 Å². The van der Waals surface area contributed by atoms with Crippen LogP contribution in [0, 0.1) is 6.92 Å². The lowest BCUT2D eigenvalue weighted by Gasteiger charge is -2.10. The van der Waals surface area contributed by atoms with E-state index in [9.17, 15) is 13.2 Å². The third-order valence-electron chi connectivity index (χ3n) is 2.77. The predicted octanol–water partition coefficient (Wildman–Crippen LogP) is 4.59. The molecule has 0 aliphatic heterocycles. The summed E-state index contributed by atoms with van der Waals surface area (Å²) in [7, 11) is 0. The van der Waals surface area contributed by atoms with Crippen LogP contribution in [-0.2, 0) is 12.8 Å². The molecular formula is C15H13F3O. The van der Waals surface area contributed by atoms with Crippen LogP contribution in [-0.4, -0.2) is 0 Å². The number of halogens is 3. The van der Waals surface area contributed by atoms with Crippen LogP contribution < -0.4 is 4.74 Å². The lowest BCUT2D eigenvalue weighted by molar-refractivity contribution is -0.137. The maximum atomic E-state index is 12.4. The van der Waals surface area contributed by atoms with E-state index in [1.165, 1.54) is 12.1 Å². The molecule has 0 fully saturated rings. The molecule has 2 aromatic rings. The van der Waals surface area contributed by atoms with Crippen molar-refractivity contribution in [3.63, 3.8) is 0 Å². The van der Waals surface area contributed by atoms with Gasteiger partial charge in [0.1, 0.15) is 12.4 Å². The fourth-order valence-corrected chi connectivity index (χ4v) is 1.67. The Morgan fingerprint density at radius 3 is 2.16 bits per heavy atom. The average Bonchev–Trinajstić information content (AvgIpc) is 2.37. The summed E-state index contributed by atoms with van der Waals surface area (Å²) in [6, 6.07) is 12.5. The zero-order valence-electron chi connectivity index (χ0n) is 10.4. The zero-order chi connectivity index (χ0) is 13.9. The van der Waals surface area contributed by atoms with Crippen molar-refractivity contribution < 1.29 is 17.9 Å². The summed E-state index contributed by atoms with van der Waals surface area (Å²) in [5.41, 5.74) is 1.05. The van der Waals surface area contributed by atoms with Crippen molar-refractivity contribution in [3.8, 4) is 5.75 Å². The SMILES string of the molecule is Cc1ccccc1OCc1ccc(C(F)(F)F)cc1. The van der Waals surface area contributed by atoms with Gasteiger partial charge in [-0.3, -0.25) is 0 Å². The zero-order valence-corrected chi connectivity index (χ0v) is 10.4. The van der Waals surface area contributed by atoms with Gasteiger partial charge in [0.15, 0.2) is 0 Å². The fraction of sp³-hybridized carbons (Fsp3) is 0.200. The van der Waals surface area contributed by atoms with Gasteiger partial charge in [-0.25, -0.2) is 0 Å². The van der Waals surface area contributed by atoms with E-state index in [0.29, 0.717) is 5.56 Å². The quantitative estimate of drug-likeness (QED) is 0.789. The second-order valence-corrected chi connectivity index (χ2v) is 4.25. The lowest BCUT2D eigenvalue weighted by Crippen LogP contribution is -2.05. The Bertz CT molecular complexity index is 544. The van der Waals surface area contributed by atoms with Crippen LogP contribution >= 0.6 is 0 Å². The molecule has 0 unspecified atom stereocenters. The van der Waals surface area contributed by atoms with Crippen LogP contribution in [0.25, 0.3) is 0 Å². The third kappa shape index (κ3) is 3.50. The molecule has 1 nitrogen and oxygen atoms in total. The molecule has 0 heterocycles. The van der Waals surface area contributed by atoms with Crippen LogP contribution in [0.2, 0.25) is 0 Å². The van der Waals surface area contributed by atoms with Gasteiger partial charge < -0.3 is 4.74 Å². The second kappa shape index (κ2) is 5.34. The predicted molar refractivity (Wildman–Crippen MR) is 67.0 cm³/mol. The normalized spacial score (nSPS) is 11.4. The summed E-state index contributed by atoms with van der Waals surface area (Å²) >= 11 is 0. The van der Waals surface area contributed by atoms with E-state index in [1.54, 1.807) is 0 Å². The molecule has 0 N–H and O–H groups in total. The summed E-state index contributed by atoms with van der Waals surface area (Å²) in [4.78, 5) is 0. The van der Waals surface area contributed by atoms with Gasteiger partial charge in [-0.2, -0.15) is 13.2 Å². The summed E-state index contributed by atoms with van der Waals surface area (Å²) in [6.07, 6.45) is -4.30. The number of aryl methyl sites for hydroxylation is 1. The van der Waals surface area contributed by atoms with Gasteiger partial charge in [0.25, 0.3) is 0 Å². The lowest BCUT2D eigenvalue weighted by atomic mass is 10.1. The van der Waals surface area contributed by atoms with Crippen molar-refractivity contribution in [1.82, 2.24) is 0 Å². The van der Waals surface area contributed by atoms with E-state index in [4.69, 9.17) is 4.74 Å². The van der Waals surface area contributed by atoms with Gasteiger partial charge in [0.05, 0.1) is 5.56 Å². The first-order valence-electron chi connectivity index (χ1n) is 5.81. The highest BCUT2D eigenvalue weighted by molar-refractivity contribution is 5.32. The highest BCUT2D eigenvalue weighted by Crippen LogP contribution is 2.29. The van der Waals surface area contributed by atoms with Gasteiger partial charge in [-0.05, 0) is 36.2 Å². The second-order valence-electron chi connectivity index (χ2n) is 4.25. The van der Waals surface area contributed by atoms with Crippen molar-refractivity contribution in [2.45, 2.75) is 19.7 Å². The van der Waals surface area contributed by atoms with Crippen molar-refractivity contribution in [2.75, 3.05) is 0 Å². The van der Waals surface area contributed by atoms with Crippen LogP contribution in [0.3, 0.4) is 0 Å². The number of rotatable bonds is 3. The molecule has 0 saturated carbocycles. The minimum atomic E-state index is -4.30. The molecule has 0 atom stereocenters. The van der Waals surface area contributed by atoms with Crippen molar-refractivity contribution in [1.29, 1.82) is 0 Å². The van der Waals surface area contributed by atoms with Gasteiger partial charge in [0.2, 0.25) is 0 Å². The number of ether oxygens (including phenoxy) is 1. The summed E-state index contributed by atoms with van der Waals surface area (Å²) in [6.45, 7) is 2.17. The van der Waals surface area contributed by atoms with Crippen LogP contribution in [0.4, 0.5) is 13.2 Å². The molecule has 0 aliphatic rings. The van der Waals surface area contributed by atoms with Gasteiger partial charge >= 0.3 is 6.18 Å². The molecule has 100 valence electrons. The molecule has 19 heavy (non-hydrogen) atoms. The molecule has 2 aromatic carbocycles. The first kappa shape index (κ1) is 13.5. The van der Waals surface area contributed by atoms with E-state index in [0.717, 1.165) is 23.4 Å². The molecule has 0 aliphatic carbocycles. The molecule has 0 radical (unpaired) electrons. The number of hydrogen-bond acceptors (Lipinski definition) is 1. The molecule has 0 amide bonds. The Hall–Kier alpha value is -1.97. The molecule has 0 saturated heterocycles. The Kier molecular flexibility index (Phi) is 3.79. The van der Waals surface area contributed by atoms with Crippen molar-refractivity contribution >= 4 is 0 Å². The Morgan fingerprint density at radius 1 is 0.947 bits per heavy atom. The van der Waals surface area contributed by atoms with Crippen molar-refractivity contribution in [3.05, 3.63) is 65.2 Å². The monoisotopic (exact) mass is 266 g/mol. The standard InChI is InChI=1S/C15H13F3O/c1-11-4-2-3-5-14(11)19-10-12-6-8-13(9-7-12)15(16,17)18/h2-9H,10H2,1H3. The maximum absolute atomic E-state index is 12.4. The van der Waals surface area contributed by atoms with Crippen molar-refractivity contribution in [2.24, 2.45) is 0 Å². The van der Waals surface area contributed by atoms with E-state index in [1.807, 2.05) is 31.2 Å². The molecule has 0 bridgehead atoms. The highest BCUT2D eigenvalue weighted by atomic mass is 19.4. The molecule has 0 spiro atoms. The number of alkyl halides is 3. The Balaban J connectivity index is 2.03. The van der Waals surface area contributed by atoms with Gasteiger partial charge in [-0.15, -0.1) is 0 Å². The smallest absolute Gasteiger partial charge is 0.416 e. The Morgan fingerprint density at radius 2 is 1.58 bits per heavy atom. The summed E-state index contributed by atoms with van der Waals surface area (Å²) in [5.74, 6) is 0.738. The van der Waals surface area contributed by atoms with E-state index < -0.39 is 11.7 Å². The van der Waals surface area contributed by atoms with E-state index >= 15 is 0 Å². The fourth-order valence-electron chi connectivity index (χ4n) is 1.67. The van der Waals surface area contributed by atoms with Crippen LogP contribution in [0.5, 0.6) is 5.75 Å².